The van der Waals surface area contributed by atoms with Gasteiger partial charge in [0.15, 0.2) is 0 Å². The molecule has 2 nitrogen and oxygen atoms in total. The standard InChI is InChI=1S/C38H28N2/c1-5-13-31(14-6-1)39(32-15-7-2-8-16-32)35-25-23-29-21-22-30-24-26-36(28-38(30)37(29)27-35)40(33-17-9-3-10-18-33)34-19-11-4-12-20-34/h1-28H. The maximum atomic E-state index is 2.33. The largest absolute Gasteiger partial charge is 0.310 e. The molecule has 0 radical (unpaired) electrons. The highest BCUT2D eigenvalue weighted by Crippen LogP contribution is 2.40. The molecular weight excluding hydrogens is 484 g/mol. The highest BCUT2D eigenvalue weighted by atomic mass is 15.1. The van der Waals surface area contributed by atoms with Crippen LogP contribution in [0.1, 0.15) is 0 Å². The highest BCUT2D eigenvalue weighted by Gasteiger charge is 2.15. The Bertz CT molecular complexity index is 1660. The fraction of sp³-hybridized carbons (Fsp3) is 0. The molecule has 7 aromatic rings. The SMILES string of the molecule is c1ccc(N(c2ccccc2)c2ccc3ccc4ccc(N(c5ccccc5)c5ccccc5)cc4c3c2)cc1. The summed E-state index contributed by atoms with van der Waals surface area (Å²) in [5.74, 6) is 0. The van der Waals surface area contributed by atoms with Gasteiger partial charge in [0, 0.05) is 34.1 Å². The van der Waals surface area contributed by atoms with E-state index in [0.29, 0.717) is 0 Å². The molecule has 0 fully saturated rings. The Labute approximate surface area is 235 Å². The third kappa shape index (κ3) is 4.46. The van der Waals surface area contributed by atoms with Crippen LogP contribution in [-0.2, 0) is 0 Å². The summed E-state index contributed by atoms with van der Waals surface area (Å²) < 4.78 is 0. The first-order chi connectivity index (χ1) is 19.8. The number of rotatable bonds is 6. The Kier molecular flexibility index (Phi) is 6.20. The first-order valence-corrected chi connectivity index (χ1v) is 13.6. The van der Waals surface area contributed by atoms with E-state index in [-0.39, 0.29) is 0 Å². The molecule has 0 aliphatic rings. The summed E-state index contributed by atoms with van der Waals surface area (Å²) in [4.78, 5) is 4.64. The molecule has 40 heavy (non-hydrogen) atoms. The lowest BCUT2D eigenvalue weighted by Crippen LogP contribution is -2.10. The van der Waals surface area contributed by atoms with E-state index in [1.54, 1.807) is 0 Å². The second-order valence-corrected chi connectivity index (χ2v) is 9.89. The van der Waals surface area contributed by atoms with Crippen LogP contribution in [0.25, 0.3) is 21.5 Å². The van der Waals surface area contributed by atoms with Gasteiger partial charge in [-0.2, -0.15) is 0 Å². The number of hydrogen-bond donors (Lipinski definition) is 0. The number of fused-ring (bicyclic) bond motifs is 3. The van der Waals surface area contributed by atoms with Gasteiger partial charge in [-0.25, -0.2) is 0 Å². The van der Waals surface area contributed by atoms with Gasteiger partial charge in [-0.05, 0) is 94.3 Å². The van der Waals surface area contributed by atoms with E-state index >= 15 is 0 Å². The number of nitrogens with zero attached hydrogens (tertiary/aromatic N) is 2. The molecule has 0 aliphatic heterocycles. The number of benzene rings is 7. The van der Waals surface area contributed by atoms with Gasteiger partial charge in [0.05, 0.1) is 0 Å². The molecule has 0 N–H and O–H groups in total. The van der Waals surface area contributed by atoms with Crippen LogP contribution >= 0.6 is 0 Å². The maximum Gasteiger partial charge on any atom is 0.0468 e. The van der Waals surface area contributed by atoms with Crippen molar-refractivity contribution in [1.82, 2.24) is 0 Å². The summed E-state index contributed by atoms with van der Waals surface area (Å²) in [6, 6.07) is 60.3. The van der Waals surface area contributed by atoms with Gasteiger partial charge in [0.1, 0.15) is 0 Å². The molecule has 190 valence electrons. The minimum absolute atomic E-state index is 1.13. The summed E-state index contributed by atoms with van der Waals surface area (Å²) in [5.41, 5.74) is 6.79. The van der Waals surface area contributed by atoms with E-state index in [1.807, 2.05) is 0 Å². The normalized spacial score (nSPS) is 11.0. The fourth-order valence-electron chi connectivity index (χ4n) is 5.51. The fourth-order valence-corrected chi connectivity index (χ4v) is 5.51. The minimum Gasteiger partial charge on any atom is -0.310 e. The number of anilines is 6. The Hall–Kier alpha value is -5.34. The van der Waals surface area contributed by atoms with Gasteiger partial charge >= 0.3 is 0 Å². The van der Waals surface area contributed by atoms with Crippen LogP contribution in [0.15, 0.2) is 170 Å². The van der Waals surface area contributed by atoms with Crippen LogP contribution < -0.4 is 9.80 Å². The Morgan fingerprint density at radius 2 is 0.525 bits per heavy atom. The maximum absolute atomic E-state index is 2.33. The quantitative estimate of drug-likeness (QED) is 0.204. The van der Waals surface area contributed by atoms with Crippen LogP contribution in [0.2, 0.25) is 0 Å². The van der Waals surface area contributed by atoms with Gasteiger partial charge in [-0.3, -0.25) is 0 Å². The lowest BCUT2D eigenvalue weighted by Gasteiger charge is -2.27. The molecule has 0 atom stereocenters. The molecule has 0 bridgehead atoms. The molecule has 0 aliphatic carbocycles. The lowest BCUT2D eigenvalue weighted by atomic mass is 9.99. The first kappa shape index (κ1) is 23.8. The molecule has 2 heteroatoms. The summed E-state index contributed by atoms with van der Waals surface area (Å²) in [7, 11) is 0. The van der Waals surface area contributed by atoms with Gasteiger partial charge in [-0.15, -0.1) is 0 Å². The van der Waals surface area contributed by atoms with Crippen LogP contribution in [0.3, 0.4) is 0 Å². The summed E-state index contributed by atoms with van der Waals surface area (Å²) in [5, 5.41) is 4.91. The van der Waals surface area contributed by atoms with Gasteiger partial charge in [0.25, 0.3) is 0 Å². The first-order valence-electron chi connectivity index (χ1n) is 13.6. The van der Waals surface area contributed by atoms with Crippen LogP contribution in [0.4, 0.5) is 34.1 Å². The van der Waals surface area contributed by atoms with E-state index in [4.69, 9.17) is 0 Å². The molecule has 7 rings (SSSR count). The highest BCUT2D eigenvalue weighted by molar-refractivity contribution is 6.10. The predicted molar refractivity (Wildman–Crippen MR) is 171 cm³/mol. The van der Waals surface area contributed by atoms with E-state index in [9.17, 15) is 0 Å². The predicted octanol–water partition coefficient (Wildman–Crippen LogP) is 10.9. The second kappa shape index (κ2) is 10.4. The van der Waals surface area contributed by atoms with Crippen molar-refractivity contribution < 1.29 is 0 Å². The van der Waals surface area contributed by atoms with E-state index in [2.05, 4.69) is 180 Å². The topological polar surface area (TPSA) is 6.48 Å². The van der Waals surface area contributed by atoms with Crippen molar-refractivity contribution in [2.75, 3.05) is 9.80 Å². The van der Waals surface area contributed by atoms with Crippen LogP contribution in [0, 0.1) is 0 Å². The van der Waals surface area contributed by atoms with Gasteiger partial charge in [0.2, 0.25) is 0 Å². The van der Waals surface area contributed by atoms with E-state index in [1.165, 1.54) is 21.5 Å². The summed E-state index contributed by atoms with van der Waals surface area (Å²) in [6.07, 6.45) is 0. The monoisotopic (exact) mass is 512 g/mol. The second-order valence-electron chi connectivity index (χ2n) is 9.89. The molecule has 0 saturated carbocycles. The zero-order chi connectivity index (χ0) is 26.7. The summed E-state index contributed by atoms with van der Waals surface area (Å²) >= 11 is 0. The third-order valence-corrected chi connectivity index (χ3v) is 7.38. The number of hydrogen-bond acceptors (Lipinski definition) is 2. The van der Waals surface area contributed by atoms with Crippen molar-refractivity contribution in [2.24, 2.45) is 0 Å². The van der Waals surface area contributed by atoms with Crippen molar-refractivity contribution in [3.05, 3.63) is 170 Å². The molecule has 0 aromatic heterocycles. The Morgan fingerprint density at radius 3 is 0.825 bits per heavy atom. The van der Waals surface area contributed by atoms with Gasteiger partial charge < -0.3 is 9.80 Å². The lowest BCUT2D eigenvalue weighted by molar-refractivity contribution is 1.29. The summed E-state index contributed by atoms with van der Waals surface area (Å²) in [6.45, 7) is 0. The Balaban J connectivity index is 1.43. The van der Waals surface area contributed by atoms with E-state index in [0.717, 1.165) is 34.1 Å². The smallest absolute Gasteiger partial charge is 0.0468 e. The van der Waals surface area contributed by atoms with Crippen molar-refractivity contribution in [2.45, 2.75) is 0 Å². The molecule has 0 spiro atoms. The molecule has 7 aromatic carbocycles. The van der Waals surface area contributed by atoms with Crippen LogP contribution in [-0.4, -0.2) is 0 Å². The van der Waals surface area contributed by atoms with Gasteiger partial charge in [-0.1, -0.05) is 97.1 Å². The Morgan fingerprint density at radius 1 is 0.250 bits per heavy atom. The molecule has 0 amide bonds. The molecular formula is C38H28N2. The average molecular weight is 513 g/mol. The number of para-hydroxylation sites is 4. The van der Waals surface area contributed by atoms with Crippen molar-refractivity contribution >= 4 is 55.7 Å². The molecule has 0 heterocycles. The van der Waals surface area contributed by atoms with E-state index < -0.39 is 0 Å². The van der Waals surface area contributed by atoms with Crippen LogP contribution in [0.5, 0.6) is 0 Å². The van der Waals surface area contributed by atoms with Crippen molar-refractivity contribution in [3.63, 3.8) is 0 Å². The zero-order valence-corrected chi connectivity index (χ0v) is 22.1. The average Bonchev–Trinajstić information content (AvgIpc) is 3.03. The van der Waals surface area contributed by atoms with Crippen molar-refractivity contribution in [3.8, 4) is 0 Å². The van der Waals surface area contributed by atoms with Crippen molar-refractivity contribution in [1.29, 1.82) is 0 Å². The zero-order valence-electron chi connectivity index (χ0n) is 22.1. The minimum atomic E-state index is 1.13. The molecule has 0 unspecified atom stereocenters. The third-order valence-electron chi connectivity index (χ3n) is 7.38. The molecule has 0 saturated heterocycles.